The zero-order valence-corrected chi connectivity index (χ0v) is 11.1. The highest BCUT2D eigenvalue weighted by Gasteiger charge is 2.39. The van der Waals surface area contributed by atoms with E-state index in [0.29, 0.717) is 12.8 Å². The molecule has 0 amide bonds. The van der Waals surface area contributed by atoms with E-state index in [1.54, 1.807) is 19.0 Å². The molecule has 3 N–H and O–H groups in total. The third kappa shape index (κ3) is 3.59. The van der Waals surface area contributed by atoms with Gasteiger partial charge in [-0.15, -0.1) is 0 Å². The average molecular weight is 291 g/mol. The van der Waals surface area contributed by atoms with Crippen LogP contribution in [0.4, 0.5) is 31.0 Å². The molecule has 1 aromatic rings. The lowest BCUT2D eigenvalue weighted by Gasteiger charge is -2.24. The molecule has 0 atom stereocenters. The highest BCUT2D eigenvalue weighted by Crippen LogP contribution is 2.33. The maximum absolute atomic E-state index is 12.7. The number of rotatable bonds is 5. The molecule has 0 aromatic carbocycles. The van der Waals surface area contributed by atoms with E-state index in [1.165, 1.54) is 0 Å². The molecule has 10 heteroatoms. The van der Waals surface area contributed by atoms with Crippen LogP contribution in [0.25, 0.3) is 0 Å². The minimum Gasteiger partial charge on any atom is -0.347 e. The summed E-state index contributed by atoms with van der Waals surface area (Å²) in [5.41, 5.74) is 2.24. The van der Waals surface area contributed by atoms with Gasteiger partial charge in [-0.1, -0.05) is 0 Å². The smallest absolute Gasteiger partial charge is 0.347 e. The standard InChI is InChI=1S/C10H16F3N7/c1-19(2)8-15-7(18-14)16-9(17-8)20(6-3-4-6)5-10(11,12)13/h6H,3-5,14H2,1-2H3,(H,15,16,17,18). The summed E-state index contributed by atoms with van der Waals surface area (Å²) >= 11 is 0. The van der Waals surface area contributed by atoms with Gasteiger partial charge in [0.25, 0.3) is 0 Å². The number of halogens is 3. The lowest BCUT2D eigenvalue weighted by molar-refractivity contribution is -0.120. The molecule has 1 saturated carbocycles. The first-order valence-electron chi connectivity index (χ1n) is 6.03. The van der Waals surface area contributed by atoms with Crippen LogP contribution < -0.4 is 21.1 Å². The maximum Gasteiger partial charge on any atom is 0.406 e. The van der Waals surface area contributed by atoms with Gasteiger partial charge in [-0.3, -0.25) is 5.43 Å². The fourth-order valence-corrected chi connectivity index (χ4v) is 1.69. The van der Waals surface area contributed by atoms with Crippen molar-refractivity contribution >= 4 is 17.8 Å². The first-order chi connectivity index (χ1) is 9.30. The Morgan fingerprint density at radius 1 is 1.20 bits per heavy atom. The Balaban J connectivity index is 2.34. The van der Waals surface area contributed by atoms with E-state index < -0.39 is 12.7 Å². The van der Waals surface area contributed by atoms with Crippen LogP contribution in [0.3, 0.4) is 0 Å². The van der Waals surface area contributed by atoms with Crippen LogP contribution in [0.1, 0.15) is 12.8 Å². The van der Waals surface area contributed by atoms with Gasteiger partial charge in [-0.2, -0.15) is 28.1 Å². The van der Waals surface area contributed by atoms with Gasteiger partial charge in [0.15, 0.2) is 0 Å². The number of hydrogen-bond acceptors (Lipinski definition) is 7. The van der Waals surface area contributed by atoms with Crippen molar-refractivity contribution in [3.63, 3.8) is 0 Å². The van der Waals surface area contributed by atoms with Crippen LogP contribution in [-0.4, -0.2) is 47.8 Å². The zero-order chi connectivity index (χ0) is 14.9. The van der Waals surface area contributed by atoms with E-state index in [0.717, 1.165) is 4.90 Å². The molecule has 0 saturated heterocycles. The Bertz CT molecular complexity index is 472. The molecule has 0 bridgehead atoms. The fourth-order valence-electron chi connectivity index (χ4n) is 1.69. The number of hydrogen-bond donors (Lipinski definition) is 2. The number of aromatic nitrogens is 3. The Morgan fingerprint density at radius 2 is 1.80 bits per heavy atom. The summed E-state index contributed by atoms with van der Waals surface area (Å²) in [5.74, 6) is 5.51. The molecule has 0 aliphatic heterocycles. The second-order valence-electron chi connectivity index (χ2n) is 4.77. The van der Waals surface area contributed by atoms with Gasteiger partial charge < -0.3 is 9.80 Å². The summed E-state index contributed by atoms with van der Waals surface area (Å²) in [4.78, 5) is 14.7. The first-order valence-corrected chi connectivity index (χ1v) is 6.03. The molecule has 7 nitrogen and oxygen atoms in total. The molecule has 1 aromatic heterocycles. The average Bonchev–Trinajstić information content (AvgIpc) is 3.18. The number of anilines is 3. The van der Waals surface area contributed by atoms with Gasteiger partial charge in [0.2, 0.25) is 17.8 Å². The molecule has 0 spiro atoms. The highest BCUT2D eigenvalue weighted by molar-refractivity contribution is 5.45. The Hall–Kier alpha value is -1.84. The summed E-state index contributed by atoms with van der Waals surface area (Å²) in [6, 6.07) is -0.181. The van der Waals surface area contributed by atoms with E-state index in [-0.39, 0.29) is 23.9 Å². The predicted molar refractivity (Wildman–Crippen MR) is 68.4 cm³/mol. The summed E-state index contributed by atoms with van der Waals surface area (Å²) in [6.45, 7) is -1.08. The molecular weight excluding hydrogens is 275 g/mol. The number of nitrogens with one attached hydrogen (secondary N) is 1. The molecule has 1 heterocycles. The first kappa shape index (κ1) is 14.6. The molecule has 1 aliphatic carbocycles. The predicted octanol–water partition coefficient (Wildman–Crippen LogP) is 0.754. The van der Waals surface area contributed by atoms with E-state index >= 15 is 0 Å². The molecule has 20 heavy (non-hydrogen) atoms. The van der Waals surface area contributed by atoms with Crippen molar-refractivity contribution in [1.82, 2.24) is 15.0 Å². The van der Waals surface area contributed by atoms with Gasteiger partial charge in [-0.05, 0) is 12.8 Å². The Morgan fingerprint density at radius 3 is 2.25 bits per heavy atom. The third-order valence-corrected chi connectivity index (χ3v) is 2.74. The number of nitrogens with zero attached hydrogens (tertiary/aromatic N) is 5. The zero-order valence-electron chi connectivity index (χ0n) is 11.1. The molecular formula is C10H16F3N7. The van der Waals surface area contributed by atoms with E-state index in [1.807, 2.05) is 0 Å². The van der Waals surface area contributed by atoms with E-state index in [4.69, 9.17) is 5.84 Å². The molecule has 112 valence electrons. The summed E-state index contributed by atoms with van der Waals surface area (Å²) in [6.07, 6.45) is -2.92. The summed E-state index contributed by atoms with van der Waals surface area (Å²) < 4.78 is 38.0. The summed E-state index contributed by atoms with van der Waals surface area (Å²) in [7, 11) is 3.37. The lowest BCUT2D eigenvalue weighted by Crippen LogP contribution is -2.37. The molecule has 2 rings (SSSR count). The van der Waals surface area contributed by atoms with E-state index in [9.17, 15) is 13.2 Å². The van der Waals surface area contributed by atoms with Crippen molar-refractivity contribution < 1.29 is 13.2 Å². The summed E-state index contributed by atoms with van der Waals surface area (Å²) in [5, 5.41) is 0. The SMILES string of the molecule is CN(C)c1nc(NN)nc(N(CC(F)(F)F)C2CC2)n1. The van der Waals surface area contributed by atoms with Crippen LogP contribution >= 0.6 is 0 Å². The van der Waals surface area contributed by atoms with Crippen LogP contribution in [0.5, 0.6) is 0 Å². The molecule has 0 radical (unpaired) electrons. The van der Waals surface area contributed by atoms with Crippen molar-refractivity contribution in [2.45, 2.75) is 25.1 Å². The molecule has 0 unspecified atom stereocenters. The second kappa shape index (κ2) is 5.27. The minimum absolute atomic E-state index is 0.0172. The van der Waals surface area contributed by atoms with E-state index in [2.05, 4.69) is 20.4 Å². The van der Waals surface area contributed by atoms with Crippen LogP contribution in [-0.2, 0) is 0 Å². The number of hydrazine groups is 1. The van der Waals surface area contributed by atoms with Crippen molar-refractivity contribution in [3.8, 4) is 0 Å². The van der Waals surface area contributed by atoms with Crippen molar-refractivity contribution in [2.75, 3.05) is 35.9 Å². The Labute approximate surface area is 114 Å². The van der Waals surface area contributed by atoms with Crippen molar-refractivity contribution in [2.24, 2.45) is 5.84 Å². The third-order valence-electron chi connectivity index (χ3n) is 2.74. The molecule has 1 aliphatic rings. The second-order valence-corrected chi connectivity index (χ2v) is 4.77. The number of nitrogen functional groups attached to an aromatic ring is 1. The maximum atomic E-state index is 12.7. The Kier molecular flexibility index (Phi) is 3.84. The number of alkyl halides is 3. The quantitative estimate of drug-likeness (QED) is 0.612. The topological polar surface area (TPSA) is 83.2 Å². The normalized spacial score (nSPS) is 15.1. The monoisotopic (exact) mass is 291 g/mol. The fraction of sp³-hybridized carbons (Fsp3) is 0.700. The van der Waals surface area contributed by atoms with Gasteiger partial charge in [0.1, 0.15) is 6.54 Å². The van der Waals surface area contributed by atoms with Gasteiger partial charge >= 0.3 is 6.18 Å². The lowest BCUT2D eigenvalue weighted by atomic mass is 10.4. The molecule has 1 fully saturated rings. The van der Waals surface area contributed by atoms with Crippen molar-refractivity contribution in [1.29, 1.82) is 0 Å². The van der Waals surface area contributed by atoms with Crippen LogP contribution in [0, 0.1) is 0 Å². The van der Waals surface area contributed by atoms with Gasteiger partial charge in [0, 0.05) is 20.1 Å². The van der Waals surface area contributed by atoms with Crippen molar-refractivity contribution in [3.05, 3.63) is 0 Å². The highest BCUT2D eigenvalue weighted by atomic mass is 19.4. The van der Waals surface area contributed by atoms with Gasteiger partial charge in [0.05, 0.1) is 0 Å². The van der Waals surface area contributed by atoms with Crippen LogP contribution in [0.15, 0.2) is 0 Å². The number of nitrogens with two attached hydrogens (primary N) is 1. The van der Waals surface area contributed by atoms with Gasteiger partial charge in [-0.25, -0.2) is 5.84 Å². The van der Waals surface area contributed by atoms with Crippen LogP contribution in [0.2, 0.25) is 0 Å². The largest absolute Gasteiger partial charge is 0.406 e. The minimum atomic E-state index is -4.32.